The summed E-state index contributed by atoms with van der Waals surface area (Å²) in [4.78, 5) is 11.1. The molecule has 1 aliphatic rings. The topological polar surface area (TPSA) is 62.1 Å². The number of hydrazone groups is 1. The Morgan fingerprint density at radius 1 is 1.29 bits per heavy atom. The third-order valence-corrected chi connectivity index (χ3v) is 5.13. The van der Waals surface area contributed by atoms with Gasteiger partial charge in [-0.15, -0.1) is 0 Å². The molecule has 2 aromatic carbocycles. The van der Waals surface area contributed by atoms with Gasteiger partial charge in [0.05, 0.1) is 17.6 Å². The molecule has 0 radical (unpaired) electrons. The van der Waals surface area contributed by atoms with Gasteiger partial charge in [0.2, 0.25) is 0 Å². The molecule has 0 amide bonds. The molecule has 0 aliphatic carbocycles. The Kier molecular flexibility index (Phi) is 6.25. The molecule has 6 heteroatoms. The molecule has 1 heterocycles. The molecule has 1 aliphatic heterocycles. The number of nitrogens with zero attached hydrogens (tertiary/aromatic N) is 2. The Hall–Kier alpha value is -2.53. The van der Waals surface area contributed by atoms with Crippen molar-refractivity contribution in [2.45, 2.75) is 39.7 Å². The summed E-state index contributed by atoms with van der Waals surface area (Å²) >= 11 is 5.99. The SMILES string of the molecule is CC1=NN(c2ccc(Cl)cc2)C(COc2ccc(CC(C)C(=O)O)cc2C)C1. The first-order valence-electron chi connectivity index (χ1n) is 9.37. The predicted octanol–water partition coefficient (Wildman–Crippen LogP) is 4.95. The van der Waals surface area contributed by atoms with Gasteiger partial charge in [-0.2, -0.15) is 5.10 Å². The maximum atomic E-state index is 11.1. The van der Waals surface area contributed by atoms with Gasteiger partial charge in [0.1, 0.15) is 12.4 Å². The molecular weight excluding hydrogens is 376 g/mol. The number of ether oxygens (including phenoxy) is 1. The number of carboxylic acids is 1. The minimum Gasteiger partial charge on any atom is -0.491 e. The lowest BCUT2D eigenvalue weighted by Gasteiger charge is -2.24. The average molecular weight is 401 g/mol. The number of rotatable bonds is 7. The molecule has 28 heavy (non-hydrogen) atoms. The van der Waals surface area contributed by atoms with Gasteiger partial charge in [-0.05, 0) is 61.7 Å². The highest BCUT2D eigenvalue weighted by Gasteiger charge is 2.26. The highest BCUT2D eigenvalue weighted by Crippen LogP contribution is 2.27. The number of anilines is 1. The third-order valence-electron chi connectivity index (χ3n) is 4.88. The second kappa shape index (κ2) is 8.65. The smallest absolute Gasteiger partial charge is 0.306 e. The molecule has 148 valence electrons. The second-order valence-electron chi connectivity index (χ2n) is 7.37. The molecule has 0 saturated carbocycles. The molecule has 0 bridgehead atoms. The molecule has 5 nitrogen and oxygen atoms in total. The van der Waals surface area contributed by atoms with Crippen LogP contribution in [0.1, 0.15) is 31.4 Å². The van der Waals surface area contributed by atoms with Gasteiger partial charge in [0, 0.05) is 17.2 Å². The summed E-state index contributed by atoms with van der Waals surface area (Å²) in [5, 5.41) is 16.4. The Morgan fingerprint density at radius 3 is 2.64 bits per heavy atom. The van der Waals surface area contributed by atoms with E-state index in [1.165, 1.54) is 0 Å². The molecule has 2 unspecified atom stereocenters. The lowest BCUT2D eigenvalue weighted by Crippen LogP contribution is -2.32. The number of hydrogen-bond donors (Lipinski definition) is 1. The van der Waals surface area contributed by atoms with Gasteiger partial charge in [-0.3, -0.25) is 9.80 Å². The standard InChI is InChI=1S/C22H25ClN2O3/c1-14-10-17(11-15(2)22(26)27)4-9-21(14)28-13-20-12-16(3)24-25(20)19-7-5-18(23)6-8-19/h4-10,15,20H,11-13H2,1-3H3,(H,26,27). The fraction of sp³-hybridized carbons (Fsp3) is 0.364. The first kappa shape index (κ1) is 20.2. The number of carboxylic acid groups (broad SMARTS) is 1. The fourth-order valence-electron chi connectivity index (χ4n) is 3.35. The average Bonchev–Trinajstić information content (AvgIpc) is 3.02. The normalized spacial score (nSPS) is 17.4. The predicted molar refractivity (Wildman–Crippen MR) is 113 cm³/mol. The zero-order chi connectivity index (χ0) is 20.3. The molecule has 0 saturated heterocycles. The minimum absolute atomic E-state index is 0.118. The van der Waals surface area contributed by atoms with Gasteiger partial charge in [0.25, 0.3) is 0 Å². The Labute approximate surface area is 170 Å². The van der Waals surface area contributed by atoms with E-state index in [1.807, 2.05) is 61.3 Å². The molecule has 2 aromatic rings. The Bertz CT molecular complexity index is 880. The van der Waals surface area contributed by atoms with Crippen molar-refractivity contribution >= 4 is 29.0 Å². The minimum atomic E-state index is -0.781. The van der Waals surface area contributed by atoms with E-state index in [4.69, 9.17) is 21.4 Å². The summed E-state index contributed by atoms with van der Waals surface area (Å²) in [7, 11) is 0. The van der Waals surface area contributed by atoms with Crippen molar-refractivity contribution in [1.29, 1.82) is 0 Å². The van der Waals surface area contributed by atoms with Crippen molar-refractivity contribution < 1.29 is 14.6 Å². The van der Waals surface area contributed by atoms with Gasteiger partial charge in [-0.1, -0.05) is 30.7 Å². The van der Waals surface area contributed by atoms with Crippen LogP contribution in [0, 0.1) is 12.8 Å². The molecule has 0 aromatic heterocycles. The van der Waals surface area contributed by atoms with E-state index in [0.717, 1.165) is 34.7 Å². The number of carbonyl (C=O) groups is 1. The van der Waals surface area contributed by atoms with Gasteiger partial charge >= 0.3 is 5.97 Å². The van der Waals surface area contributed by atoms with Gasteiger partial charge in [-0.25, -0.2) is 0 Å². The third kappa shape index (κ3) is 4.84. The number of benzene rings is 2. The first-order valence-corrected chi connectivity index (χ1v) is 9.75. The van der Waals surface area contributed by atoms with Crippen LogP contribution in [0.15, 0.2) is 47.6 Å². The zero-order valence-electron chi connectivity index (χ0n) is 16.4. The van der Waals surface area contributed by atoms with E-state index in [0.29, 0.717) is 18.1 Å². The van der Waals surface area contributed by atoms with Crippen LogP contribution in [0.4, 0.5) is 5.69 Å². The van der Waals surface area contributed by atoms with E-state index in [-0.39, 0.29) is 6.04 Å². The van der Waals surface area contributed by atoms with Crippen LogP contribution < -0.4 is 9.75 Å². The van der Waals surface area contributed by atoms with Crippen molar-refractivity contribution in [3.8, 4) is 5.75 Å². The number of halogens is 1. The van der Waals surface area contributed by atoms with Crippen LogP contribution in [0.25, 0.3) is 0 Å². The second-order valence-corrected chi connectivity index (χ2v) is 7.80. The molecule has 0 fully saturated rings. The number of hydrogen-bond acceptors (Lipinski definition) is 4. The summed E-state index contributed by atoms with van der Waals surface area (Å²) in [6.07, 6.45) is 1.35. The van der Waals surface area contributed by atoms with Crippen molar-refractivity contribution in [1.82, 2.24) is 0 Å². The van der Waals surface area contributed by atoms with Gasteiger partial charge < -0.3 is 9.84 Å². The first-order chi connectivity index (χ1) is 13.3. The van der Waals surface area contributed by atoms with E-state index < -0.39 is 11.9 Å². The quantitative estimate of drug-likeness (QED) is 0.714. The summed E-state index contributed by atoms with van der Waals surface area (Å²) in [5.41, 5.74) is 4.06. The van der Waals surface area contributed by atoms with Crippen LogP contribution >= 0.6 is 11.6 Å². The maximum absolute atomic E-state index is 11.1. The number of aryl methyl sites for hydroxylation is 1. The molecule has 2 atom stereocenters. The van der Waals surface area contributed by atoms with Crippen LogP contribution in [-0.2, 0) is 11.2 Å². The Balaban J connectivity index is 1.66. The van der Waals surface area contributed by atoms with Crippen molar-refractivity contribution in [2.24, 2.45) is 11.0 Å². The molecule has 0 spiro atoms. The number of aliphatic carboxylic acids is 1. The highest BCUT2D eigenvalue weighted by atomic mass is 35.5. The molecule has 1 N–H and O–H groups in total. The monoisotopic (exact) mass is 400 g/mol. The van der Waals surface area contributed by atoms with Crippen molar-refractivity contribution in [2.75, 3.05) is 11.6 Å². The van der Waals surface area contributed by atoms with E-state index in [9.17, 15) is 4.79 Å². The van der Waals surface area contributed by atoms with Gasteiger partial charge in [0.15, 0.2) is 0 Å². The van der Waals surface area contributed by atoms with Crippen LogP contribution in [0.5, 0.6) is 5.75 Å². The lowest BCUT2D eigenvalue weighted by molar-refractivity contribution is -0.141. The van der Waals surface area contributed by atoms with Crippen LogP contribution in [-0.4, -0.2) is 29.4 Å². The van der Waals surface area contributed by atoms with Crippen molar-refractivity contribution in [3.05, 3.63) is 58.6 Å². The van der Waals surface area contributed by atoms with Crippen LogP contribution in [0.3, 0.4) is 0 Å². The Morgan fingerprint density at radius 2 is 2.00 bits per heavy atom. The fourth-order valence-corrected chi connectivity index (χ4v) is 3.48. The summed E-state index contributed by atoms with van der Waals surface area (Å²) in [6.45, 7) is 6.23. The largest absolute Gasteiger partial charge is 0.491 e. The summed E-state index contributed by atoms with van der Waals surface area (Å²) in [5.74, 6) is -0.373. The molecular formula is C22H25ClN2O3. The van der Waals surface area contributed by atoms with E-state index in [1.54, 1.807) is 6.92 Å². The highest BCUT2D eigenvalue weighted by molar-refractivity contribution is 6.30. The van der Waals surface area contributed by atoms with E-state index >= 15 is 0 Å². The molecule has 3 rings (SSSR count). The van der Waals surface area contributed by atoms with Crippen LogP contribution in [0.2, 0.25) is 5.02 Å². The maximum Gasteiger partial charge on any atom is 0.306 e. The zero-order valence-corrected chi connectivity index (χ0v) is 17.1. The summed E-state index contributed by atoms with van der Waals surface area (Å²) in [6, 6.07) is 13.6. The van der Waals surface area contributed by atoms with E-state index in [2.05, 4.69) is 5.10 Å². The summed E-state index contributed by atoms with van der Waals surface area (Å²) < 4.78 is 6.09. The van der Waals surface area contributed by atoms with Crippen molar-refractivity contribution in [3.63, 3.8) is 0 Å². The lowest BCUT2D eigenvalue weighted by atomic mass is 9.99.